The summed E-state index contributed by atoms with van der Waals surface area (Å²) >= 11 is 0. The van der Waals surface area contributed by atoms with Gasteiger partial charge in [0, 0.05) is 46.0 Å². The molecule has 0 bridgehead atoms. The first-order chi connectivity index (χ1) is 14.6. The minimum absolute atomic E-state index is 0.0139. The lowest BCUT2D eigenvalue weighted by atomic mass is 10.0. The van der Waals surface area contributed by atoms with Gasteiger partial charge in [-0.3, -0.25) is 14.7 Å². The van der Waals surface area contributed by atoms with Crippen LogP contribution in [0.25, 0.3) is 0 Å². The molecule has 3 rings (SSSR count). The van der Waals surface area contributed by atoms with Crippen molar-refractivity contribution >= 4 is 11.9 Å². The number of piperidine rings is 1. The van der Waals surface area contributed by atoms with E-state index in [1.165, 1.54) is 5.56 Å². The summed E-state index contributed by atoms with van der Waals surface area (Å²) in [5.74, 6) is 0.678. The van der Waals surface area contributed by atoms with E-state index in [0.29, 0.717) is 18.5 Å². The molecule has 0 spiro atoms. The predicted molar refractivity (Wildman–Crippen MR) is 120 cm³/mol. The van der Waals surface area contributed by atoms with Crippen molar-refractivity contribution in [3.63, 3.8) is 0 Å². The number of guanidine groups is 1. The van der Waals surface area contributed by atoms with Gasteiger partial charge in [0.25, 0.3) is 0 Å². The van der Waals surface area contributed by atoms with Gasteiger partial charge in [-0.05, 0) is 30.5 Å². The second-order valence-electron chi connectivity index (χ2n) is 7.81. The van der Waals surface area contributed by atoms with Crippen LogP contribution in [-0.2, 0) is 17.9 Å². The first-order valence-electron chi connectivity index (χ1n) is 10.5. The number of aromatic nitrogens is 1. The Labute approximate surface area is 179 Å². The summed E-state index contributed by atoms with van der Waals surface area (Å²) in [7, 11) is 3.51. The van der Waals surface area contributed by atoms with Crippen molar-refractivity contribution < 1.29 is 4.79 Å². The molecule has 1 aromatic carbocycles. The van der Waals surface area contributed by atoms with E-state index in [4.69, 9.17) is 0 Å². The second-order valence-corrected chi connectivity index (χ2v) is 7.81. The van der Waals surface area contributed by atoms with Crippen molar-refractivity contribution in [3.05, 3.63) is 66.0 Å². The van der Waals surface area contributed by atoms with E-state index >= 15 is 0 Å². The lowest BCUT2D eigenvalue weighted by Crippen LogP contribution is -2.50. The molecule has 1 aliphatic heterocycles. The number of hydrogen-bond acceptors (Lipinski definition) is 4. The fourth-order valence-corrected chi connectivity index (χ4v) is 3.39. The van der Waals surface area contributed by atoms with Crippen molar-refractivity contribution in [1.82, 2.24) is 25.4 Å². The van der Waals surface area contributed by atoms with Crippen LogP contribution in [0.1, 0.15) is 24.1 Å². The Hall–Kier alpha value is -2.93. The van der Waals surface area contributed by atoms with Crippen molar-refractivity contribution in [3.8, 4) is 0 Å². The molecule has 0 atom stereocenters. The number of carbonyl (C=O) groups is 1. The number of likely N-dealkylation sites (N-methyl/N-ethyl adjacent to an activating group) is 1. The largest absolute Gasteiger partial charge is 0.354 e. The Balaban J connectivity index is 1.53. The molecule has 1 amide bonds. The van der Waals surface area contributed by atoms with E-state index in [2.05, 4.69) is 55.8 Å². The van der Waals surface area contributed by atoms with Gasteiger partial charge in [-0.15, -0.1) is 0 Å². The highest BCUT2D eigenvalue weighted by Gasteiger charge is 2.20. The maximum absolute atomic E-state index is 12.0. The molecular formula is C23H32N6O. The van der Waals surface area contributed by atoms with Crippen molar-refractivity contribution in [1.29, 1.82) is 0 Å². The zero-order valence-corrected chi connectivity index (χ0v) is 17.9. The molecule has 0 radical (unpaired) electrons. The average Bonchev–Trinajstić information content (AvgIpc) is 2.78. The molecule has 7 nitrogen and oxygen atoms in total. The fourth-order valence-electron chi connectivity index (χ4n) is 3.39. The number of carbonyl (C=O) groups excluding carboxylic acids is 1. The lowest BCUT2D eigenvalue weighted by molar-refractivity contribution is -0.127. The summed E-state index contributed by atoms with van der Waals surface area (Å²) in [4.78, 5) is 25.0. The molecule has 0 unspecified atom stereocenters. The molecule has 2 N–H and O–H groups in total. The van der Waals surface area contributed by atoms with Crippen molar-refractivity contribution in [2.24, 2.45) is 4.99 Å². The van der Waals surface area contributed by atoms with Crippen molar-refractivity contribution in [2.75, 3.05) is 33.7 Å². The van der Waals surface area contributed by atoms with Crippen LogP contribution in [-0.4, -0.2) is 66.4 Å². The average molecular weight is 409 g/mol. The van der Waals surface area contributed by atoms with Gasteiger partial charge in [-0.1, -0.05) is 36.4 Å². The number of benzene rings is 1. The molecular weight excluding hydrogens is 376 g/mol. The number of amides is 1. The Kier molecular flexibility index (Phi) is 8.20. The lowest BCUT2D eigenvalue weighted by Gasteiger charge is -2.33. The Morgan fingerprint density at radius 2 is 1.87 bits per heavy atom. The van der Waals surface area contributed by atoms with Gasteiger partial charge in [0.05, 0.1) is 18.8 Å². The molecule has 160 valence electrons. The molecule has 0 aliphatic carbocycles. The SMILES string of the molecule is CN(C)C(=O)CNC(=NCc1ccccn1)NC1CCN(Cc2ccccc2)CC1. The summed E-state index contributed by atoms with van der Waals surface area (Å²) in [6, 6.07) is 16.7. The molecule has 7 heteroatoms. The summed E-state index contributed by atoms with van der Waals surface area (Å²) in [5, 5.41) is 6.69. The van der Waals surface area contributed by atoms with Crippen LogP contribution in [0.2, 0.25) is 0 Å². The third-order valence-corrected chi connectivity index (χ3v) is 5.21. The minimum Gasteiger partial charge on any atom is -0.354 e. The monoisotopic (exact) mass is 408 g/mol. The highest BCUT2D eigenvalue weighted by molar-refractivity contribution is 5.86. The van der Waals surface area contributed by atoms with Crippen molar-refractivity contribution in [2.45, 2.75) is 32.0 Å². The Bertz CT molecular complexity index is 801. The summed E-state index contributed by atoms with van der Waals surface area (Å²) in [5.41, 5.74) is 2.25. The molecule has 30 heavy (non-hydrogen) atoms. The standard InChI is InChI=1S/C23H32N6O/c1-28(2)22(30)17-26-23(25-16-21-10-6-7-13-24-21)27-20-11-14-29(15-12-20)18-19-8-4-3-5-9-19/h3-10,13,20H,11-12,14-18H2,1-2H3,(H2,25,26,27). The maximum Gasteiger partial charge on any atom is 0.241 e. The van der Waals surface area contributed by atoms with Crippen LogP contribution >= 0.6 is 0 Å². The van der Waals surface area contributed by atoms with E-state index < -0.39 is 0 Å². The summed E-state index contributed by atoms with van der Waals surface area (Å²) in [6.45, 7) is 3.75. The third-order valence-electron chi connectivity index (χ3n) is 5.21. The van der Waals surface area contributed by atoms with Gasteiger partial charge in [0.2, 0.25) is 5.91 Å². The zero-order chi connectivity index (χ0) is 21.2. The smallest absolute Gasteiger partial charge is 0.241 e. The quantitative estimate of drug-likeness (QED) is 0.541. The minimum atomic E-state index is 0.0139. The Morgan fingerprint density at radius 3 is 2.53 bits per heavy atom. The van der Waals surface area contributed by atoms with Gasteiger partial charge in [0.15, 0.2) is 5.96 Å². The number of aliphatic imine (C=N–C) groups is 1. The number of rotatable bonds is 7. The molecule has 0 saturated carbocycles. The van der Waals surface area contributed by atoms with E-state index in [-0.39, 0.29) is 12.5 Å². The van der Waals surface area contributed by atoms with E-state index in [1.807, 2.05) is 18.2 Å². The summed E-state index contributed by atoms with van der Waals surface area (Å²) in [6.07, 6.45) is 3.85. The molecule has 1 aromatic heterocycles. The first-order valence-corrected chi connectivity index (χ1v) is 10.5. The zero-order valence-electron chi connectivity index (χ0n) is 17.9. The van der Waals surface area contributed by atoms with E-state index in [0.717, 1.165) is 38.2 Å². The number of hydrogen-bond donors (Lipinski definition) is 2. The van der Waals surface area contributed by atoms with Gasteiger partial charge in [-0.25, -0.2) is 4.99 Å². The van der Waals surface area contributed by atoms with Crippen LogP contribution in [0.15, 0.2) is 59.7 Å². The van der Waals surface area contributed by atoms with Crippen LogP contribution in [0.5, 0.6) is 0 Å². The number of likely N-dealkylation sites (tertiary alicyclic amines) is 1. The van der Waals surface area contributed by atoms with Crippen LogP contribution < -0.4 is 10.6 Å². The van der Waals surface area contributed by atoms with Crippen LogP contribution in [0.3, 0.4) is 0 Å². The topological polar surface area (TPSA) is 72.9 Å². The van der Waals surface area contributed by atoms with E-state index in [1.54, 1.807) is 25.2 Å². The second kappa shape index (κ2) is 11.3. The van der Waals surface area contributed by atoms with Gasteiger partial charge in [0.1, 0.15) is 0 Å². The first kappa shape index (κ1) is 21.8. The van der Waals surface area contributed by atoms with Crippen LogP contribution in [0, 0.1) is 0 Å². The molecule has 1 saturated heterocycles. The normalized spacial score (nSPS) is 15.6. The number of nitrogens with one attached hydrogen (secondary N) is 2. The Morgan fingerprint density at radius 1 is 1.13 bits per heavy atom. The molecule has 1 fully saturated rings. The predicted octanol–water partition coefficient (Wildman–Crippen LogP) is 1.87. The number of pyridine rings is 1. The highest BCUT2D eigenvalue weighted by atomic mass is 16.2. The van der Waals surface area contributed by atoms with Gasteiger partial charge in [-0.2, -0.15) is 0 Å². The summed E-state index contributed by atoms with van der Waals surface area (Å²) < 4.78 is 0. The molecule has 2 aromatic rings. The number of nitrogens with zero attached hydrogens (tertiary/aromatic N) is 4. The third kappa shape index (κ3) is 7.15. The van der Waals surface area contributed by atoms with Gasteiger partial charge < -0.3 is 15.5 Å². The highest BCUT2D eigenvalue weighted by Crippen LogP contribution is 2.14. The molecule has 2 heterocycles. The van der Waals surface area contributed by atoms with Crippen LogP contribution in [0.4, 0.5) is 0 Å². The van der Waals surface area contributed by atoms with Gasteiger partial charge >= 0.3 is 0 Å². The fraction of sp³-hybridized carbons (Fsp3) is 0.435. The molecule has 1 aliphatic rings. The van der Waals surface area contributed by atoms with E-state index in [9.17, 15) is 4.79 Å². The maximum atomic E-state index is 12.0.